The van der Waals surface area contributed by atoms with Crippen molar-refractivity contribution >= 4 is 41.0 Å². The minimum absolute atomic E-state index is 0.206. The molecule has 0 saturated heterocycles. The molecule has 0 radical (unpaired) electrons. The van der Waals surface area contributed by atoms with Gasteiger partial charge in [0.25, 0.3) is 10.2 Å². The van der Waals surface area contributed by atoms with Crippen LogP contribution in [-0.4, -0.2) is 41.6 Å². The Morgan fingerprint density at radius 2 is 1.89 bits per heavy atom. The predicted molar refractivity (Wildman–Crippen MR) is 143 cm³/mol. The maximum absolute atomic E-state index is 12.9. The second kappa shape index (κ2) is 10.2. The van der Waals surface area contributed by atoms with Gasteiger partial charge in [0.1, 0.15) is 13.7 Å². The van der Waals surface area contributed by atoms with Crippen molar-refractivity contribution in [3.8, 4) is 17.2 Å². The van der Waals surface area contributed by atoms with Crippen molar-refractivity contribution in [3.63, 3.8) is 0 Å². The number of ether oxygens (including phenoxy) is 1. The van der Waals surface area contributed by atoms with E-state index in [9.17, 15) is 18.0 Å². The molecule has 11 heteroatoms. The Morgan fingerprint density at radius 3 is 2.50 bits per heavy atom. The number of nitrogens with one attached hydrogen (secondary N) is 1. The highest BCUT2D eigenvalue weighted by molar-refractivity contribution is 7.90. The van der Waals surface area contributed by atoms with Crippen molar-refractivity contribution in [2.45, 2.75) is 33.0 Å². The van der Waals surface area contributed by atoms with Crippen molar-refractivity contribution in [2.24, 2.45) is 5.14 Å². The summed E-state index contributed by atoms with van der Waals surface area (Å²) < 4.78 is 36.1. The SMILES string of the molecule is Cc1c(Cc2cccc(NS(N)(=O)=O)c2)c(=O)oc2cc(OC(=O)N(C)C)c(C#C[Si](C)(C)C)cc12. The third-order valence-electron chi connectivity index (χ3n) is 5.09. The second-order valence-corrected chi connectivity index (χ2v) is 15.7. The molecular formula is C25H29N3O6SSi. The van der Waals surface area contributed by atoms with E-state index in [2.05, 4.69) is 35.8 Å². The van der Waals surface area contributed by atoms with Crippen LogP contribution in [0.1, 0.15) is 22.3 Å². The Kier molecular flexibility index (Phi) is 7.64. The summed E-state index contributed by atoms with van der Waals surface area (Å²) in [5.41, 5.74) is 5.60. The molecule has 3 aromatic rings. The zero-order chi connectivity index (χ0) is 26.8. The number of nitrogens with two attached hydrogens (primary N) is 1. The van der Waals surface area contributed by atoms with E-state index >= 15 is 0 Å². The van der Waals surface area contributed by atoms with E-state index in [4.69, 9.17) is 14.3 Å². The van der Waals surface area contributed by atoms with Crippen LogP contribution in [-0.2, 0) is 16.6 Å². The van der Waals surface area contributed by atoms with Crippen LogP contribution < -0.4 is 20.2 Å². The quantitative estimate of drug-likeness (QED) is 0.296. The van der Waals surface area contributed by atoms with Crippen LogP contribution >= 0.6 is 0 Å². The first-order valence-electron chi connectivity index (χ1n) is 11.0. The fourth-order valence-corrected chi connectivity index (χ4v) is 4.32. The number of hydrogen-bond acceptors (Lipinski definition) is 6. The molecule has 9 nitrogen and oxygen atoms in total. The Balaban J connectivity index is 2.13. The average molecular weight is 528 g/mol. The Hall–Kier alpha value is -3.59. The minimum atomic E-state index is -3.93. The highest BCUT2D eigenvalue weighted by Gasteiger charge is 2.18. The zero-order valence-electron chi connectivity index (χ0n) is 21.1. The van der Waals surface area contributed by atoms with Gasteiger partial charge in [0.2, 0.25) is 0 Å². The fraction of sp³-hybridized carbons (Fsp3) is 0.280. The molecule has 1 amide bonds. The van der Waals surface area contributed by atoms with Gasteiger partial charge in [-0.1, -0.05) is 37.7 Å². The summed E-state index contributed by atoms with van der Waals surface area (Å²) in [7, 11) is -2.53. The van der Waals surface area contributed by atoms with E-state index < -0.39 is 30.0 Å². The summed E-state index contributed by atoms with van der Waals surface area (Å²) in [6.07, 6.45) is -0.369. The molecule has 0 fully saturated rings. The first-order valence-corrected chi connectivity index (χ1v) is 16.1. The first kappa shape index (κ1) is 27.0. The molecular weight excluding hydrogens is 498 g/mol. The molecule has 3 rings (SSSR count). The second-order valence-electron chi connectivity index (χ2n) is 9.62. The molecule has 0 bridgehead atoms. The van der Waals surface area contributed by atoms with Crippen LogP contribution in [0, 0.1) is 18.4 Å². The monoisotopic (exact) mass is 527 g/mol. The molecule has 1 aromatic heterocycles. The summed E-state index contributed by atoms with van der Waals surface area (Å²) >= 11 is 0. The smallest absolute Gasteiger partial charge is 0.414 e. The lowest BCUT2D eigenvalue weighted by Gasteiger charge is -2.14. The Bertz CT molecular complexity index is 1560. The number of anilines is 1. The number of nitrogens with zero attached hydrogens (tertiary/aromatic N) is 1. The number of rotatable bonds is 5. The molecule has 0 aliphatic heterocycles. The van der Waals surface area contributed by atoms with E-state index in [1.165, 1.54) is 11.0 Å². The fourth-order valence-electron chi connectivity index (χ4n) is 3.36. The summed E-state index contributed by atoms with van der Waals surface area (Å²) in [5.74, 6) is 3.36. The molecule has 1 heterocycles. The van der Waals surface area contributed by atoms with Crippen LogP contribution in [0.15, 0.2) is 45.6 Å². The number of benzene rings is 2. The van der Waals surface area contributed by atoms with Crippen molar-refractivity contribution in [2.75, 3.05) is 18.8 Å². The molecule has 0 unspecified atom stereocenters. The summed E-state index contributed by atoms with van der Waals surface area (Å²) in [6.45, 7) is 8.12. The third kappa shape index (κ3) is 6.97. The molecule has 0 atom stereocenters. The van der Waals surface area contributed by atoms with Gasteiger partial charge in [-0.2, -0.15) is 8.42 Å². The van der Waals surface area contributed by atoms with Crippen LogP contribution in [0.4, 0.5) is 10.5 Å². The first-order chi connectivity index (χ1) is 16.6. The number of hydrogen-bond donors (Lipinski definition) is 2. The minimum Gasteiger partial charge on any atom is -0.422 e. The molecule has 0 aliphatic carbocycles. The zero-order valence-corrected chi connectivity index (χ0v) is 22.9. The molecule has 0 aliphatic rings. The largest absolute Gasteiger partial charge is 0.422 e. The van der Waals surface area contributed by atoms with Crippen LogP contribution in [0.5, 0.6) is 5.75 Å². The molecule has 0 spiro atoms. The van der Waals surface area contributed by atoms with Gasteiger partial charge in [0, 0.05) is 37.5 Å². The maximum Gasteiger partial charge on any atom is 0.414 e. The van der Waals surface area contributed by atoms with Gasteiger partial charge in [0.15, 0.2) is 5.75 Å². The van der Waals surface area contributed by atoms with Gasteiger partial charge < -0.3 is 14.1 Å². The lowest BCUT2D eigenvalue weighted by molar-refractivity contribution is 0.172. The van der Waals surface area contributed by atoms with Crippen molar-refractivity contribution in [1.29, 1.82) is 0 Å². The number of amides is 1. The van der Waals surface area contributed by atoms with Gasteiger partial charge >= 0.3 is 11.7 Å². The highest BCUT2D eigenvalue weighted by atomic mass is 32.2. The standard InChI is InChI=1S/C25H29N3O6SSi/c1-16-20-14-18(10-11-36(4,5)6)22(34-25(30)28(2)3)15-23(20)33-24(29)21(16)13-17-8-7-9-19(12-17)27-35(26,31)32/h7-9,12,14-15,27H,13H2,1-6H3,(H2,26,31,32). The molecule has 0 saturated carbocycles. The van der Waals surface area contributed by atoms with Gasteiger partial charge in [-0.05, 0) is 36.2 Å². The van der Waals surface area contributed by atoms with E-state index in [0.29, 0.717) is 27.6 Å². The summed E-state index contributed by atoms with van der Waals surface area (Å²) in [4.78, 5) is 26.4. The molecule has 36 heavy (non-hydrogen) atoms. The van der Waals surface area contributed by atoms with Gasteiger partial charge in [-0.25, -0.2) is 14.7 Å². The van der Waals surface area contributed by atoms with E-state index in [-0.39, 0.29) is 23.4 Å². The topological polar surface area (TPSA) is 132 Å². The van der Waals surface area contributed by atoms with Crippen LogP contribution in [0.3, 0.4) is 0 Å². The lowest BCUT2D eigenvalue weighted by atomic mass is 9.98. The van der Waals surface area contributed by atoms with E-state index in [0.717, 1.165) is 0 Å². The Labute approximate surface area is 211 Å². The normalized spacial score (nSPS) is 11.5. The average Bonchev–Trinajstić information content (AvgIpc) is 2.74. The Morgan fingerprint density at radius 1 is 1.19 bits per heavy atom. The third-order valence-corrected chi connectivity index (χ3v) is 6.49. The maximum atomic E-state index is 12.9. The molecule has 190 valence electrons. The summed E-state index contributed by atoms with van der Waals surface area (Å²) in [5, 5.41) is 5.72. The van der Waals surface area contributed by atoms with Crippen LogP contribution in [0.25, 0.3) is 11.0 Å². The highest BCUT2D eigenvalue weighted by Crippen LogP contribution is 2.29. The number of fused-ring (bicyclic) bond motifs is 1. The summed E-state index contributed by atoms with van der Waals surface area (Å²) in [6, 6.07) is 9.87. The van der Waals surface area contributed by atoms with Crippen LogP contribution in [0.2, 0.25) is 19.6 Å². The number of carbonyl (C=O) groups is 1. The molecule has 3 N–H and O–H groups in total. The van der Waals surface area contributed by atoms with Gasteiger partial charge in [0.05, 0.1) is 11.3 Å². The molecule has 2 aromatic carbocycles. The van der Waals surface area contributed by atoms with E-state index in [1.807, 2.05) is 6.92 Å². The van der Waals surface area contributed by atoms with Crippen molar-refractivity contribution in [1.82, 2.24) is 4.90 Å². The number of carbonyl (C=O) groups excluding carboxylic acids is 1. The predicted octanol–water partition coefficient (Wildman–Crippen LogP) is 3.60. The van der Waals surface area contributed by atoms with Gasteiger partial charge in [-0.3, -0.25) is 4.72 Å². The number of aryl methyl sites for hydroxylation is 1. The van der Waals surface area contributed by atoms with E-state index in [1.54, 1.807) is 44.4 Å². The van der Waals surface area contributed by atoms with Gasteiger partial charge in [-0.15, -0.1) is 5.54 Å². The van der Waals surface area contributed by atoms with Crippen molar-refractivity contribution in [3.05, 3.63) is 69.1 Å². The van der Waals surface area contributed by atoms with Crippen molar-refractivity contribution < 1.29 is 22.4 Å². The lowest BCUT2D eigenvalue weighted by Crippen LogP contribution is -2.25.